The van der Waals surface area contributed by atoms with Gasteiger partial charge in [-0.3, -0.25) is 4.79 Å². The molecule has 1 aromatic heterocycles. The van der Waals surface area contributed by atoms with Crippen molar-refractivity contribution in [1.82, 2.24) is 9.78 Å². The molecule has 0 fully saturated rings. The van der Waals surface area contributed by atoms with Crippen molar-refractivity contribution in [2.45, 2.75) is 33.6 Å². The molecule has 0 spiro atoms. The number of benzene rings is 2. The molecule has 2 aromatic carbocycles. The van der Waals surface area contributed by atoms with Crippen LogP contribution < -0.4 is 4.74 Å². The topological polar surface area (TPSA) is 85.9 Å². The lowest BCUT2D eigenvalue weighted by Crippen LogP contribution is -2.24. The van der Waals surface area contributed by atoms with Crippen LogP contribution in [0, 0.1) is 12.8 Å². The quantitative estimate of drug-likeness (QED) is 0.355. The fourth-order valence-electron chi connectivity index (χ4n) is 3.37. The van der Waals surface area contributed by atoms with E-state index in [0.717, 1.165) is 28.4 Å². The average molecular weight is 436 g/mol. The molecule has 3 rings (SSSR count). The molecule has 0 bridgehead atoms. The largest absolute Gasteiger partial charge is 0.493 e. The van der Waals surface area contributed by atoms with E-state index in [1.807, 2.05) is 66.2 Å². The second-order valence-corrected chi connectivity index (χ2v) is 7.51. The third kappa shape index (κ3) is 6.20. The van der Waals surface area contributed by atoms with E-state index in [1.54, 1.807) is 13.8 Å². The molecule has 7 nitrogen and oxygen atoms in total. The van der Waals surface area contributed by atoms with Crippen molar-refractivity contribution in [1.29, 1.82) is 0 Å². The number of aryl methyl sites for hydroxylation is 1. The highest BCUT2D eigenvalue weighted by Gasteiger charge is 2.22. The Morgan fingerprint density at radius 3 is 2.53 bits per heavy atom. The number of hydrogen-bond donors (Lipinski definition) is 1. The van der Waals surface area contributed by atoms with Gasteiger partial charge in [-0.25, -0.2) is 4.68 Å². The number of aliphatic carboxylic acids is 1. The summed E-state index contributed by atoms with van der Waals surface area (Å²) in [5, 5.41) is 18.1. The van der Waals surface area contributed by atoms with Gasteiger partial charge >= 0.3 is 5.97 Å². The predicted molar refractivity (Wildman–Crippen MR) is 124 cm³/mol. The van der Waals surface area contributed by atoms with Crippen molar-refractivity contribution in [3.63, 3.8) is 0 Å². The number of nitrogens with zero attached hydrogens (tertiary/aromatic N) is 3. The minimum Gasteiger partial charge on any atom is -0.493 e. The SMILES string of the molecule is CCO/N=C(/C)C(Cc1ccc(OCCc2cc(C)n(-c3ccccc3)n2)cc1)C(=O)O. The number of rotatable bonds is 11. The van der Waals surface area contributed by atoms with Crippen LogP contribution in [0.5, 0.6) is 5.75 Å². The van der Waals surface area contributed by atoms with Crippen molar-refractivity contribution in [2.75, 3.05) is 13.2 Å². The highest BCUT2D eigenvalue weighted by molar-refractivity contribution is 6.00. The molecule has 0 amide bonds. The molecule has 32 heavy (non-hydrogen) atoms. The molecule has 3 aromatic rings. The second-order valence-electron chi connectivity index (χ2n) is 7.51. The van der Waals surface area contributed by atoms with E-state index >= 15 is 0 Å². The summed E-state index contributed by atoms with van der Waals surface area (Å²) in [6, 6.07) is 19.6. The minimum absolute atomic E-state index is 0.341. The Morgan fingerprint density at radius 2 is 1.88 bits per heavy atom. The number of carboxylic acids is 1. The minimum atomic E-state index is -0.920. The first-order chi connectivity index (χ1) is 15.5. The van der Waals surface area contributed by atoms with Crippen molar-refractivity contribution >= 4 is 11.7 Å². The zero-order valence-electron chi connectivity index (χ0n) is 18.7. The average Bonchev–Trinajstić information content (AvgIpc) is 3.17. The van der Waals surface area contributed by atoms with Crippen LogP contribution in [0.3, 0.4) is 0 Å². The van der Waals surface area contributed by atoms with Crippen LogP contribution >= 0.6 is 0 Å². The van der Waals surface area contributed by atoms with E-state index in [0.29, 0.717) is 31.8 Å². The maximum absolute atomic E-state index is 11.6. The van der Waals surface area contributed by atoms with Gasteiger partial charge in [0.05, 0.1) is 23.7 Å². The van der Waals surface area contributed by atoms with Gasteiger partial charge in [0.15, 0.2) is 0 Å². The van der Waals surface area contributed by atoms with Gasteiger partial charge < -0.3 is 14.7 Å². The molecule has 0 saturated heterocycles. The molecule has 7 heteroatoms. The zero-order valence-corrected chi connectivity index (χ0v) is 18.7. The molecule has 0 aliphatic carbocycles. The number of carbonyl (C=O) groups is 1. The molecule has 1 unspecified atom stereocenters. The first kappa shape index (κ1) is 23.1. The predicted octanol–water partition coefficient (Wildman–Crippen LogP) is 4.46. The van der Waals surface area contributed by atoms with E-state index in [1.165, 1.54) is 0 Å². The van der Waals surface area contributed by atoms with Gasteiger partial charge in [-0.1, -0.05) is 35.5 Å². The summed E-state index contributed by atoms with van der Waals surface area (Å²) in [6.07, 6.45) is 1.03. The summed E-state index contributed by atoms with van der Waals surface area (Å²) in [7, 11) is 0. The zero-order chi connectivity index (χ0) is 22.9. The van der Waals surface area contributed by atoms with Crippen molar-refractivity contribution in [2.24, 2.45) is 11.1 Å². The number of oxime groups is 1. The summed E-state index contributed by atoms with van der Waals surface area (Å²) in [5.41, 5.74) is 4.43. The van der Waals surface area contributed by atoms with Crippen LogP contribution in [0.1, 0.15) is 30.8 Å². The smallest absolute Gasteiger partial charge is 0.312 e. The second kappa shape index (κ2) is 11.1. The highest BCUT2D eigenvalue weighted by atomic mass is 16.6. The number of ether oxygens (including phenoxy) is 1. The van der Waals surface area contributed by atoms with Crippen molar-refractivity contribution in [3.8, 4) is 11.4 Å². The summed E-state index contributed by atoms with van der Waals surface area (Å²) >= 11 is 0. The Hall–Kier alpha value is -3.61. The molecular weight excluding hydrogens is 406 g/mol. The number of carboxylic acid groups (broad SMARTS) is 1. The third-order valence-corrected chi connectivity index (χ3v) is 5.07. The van der Waals surface area contributed by atoms with Gasteiger partial charge in [0.25, 0.3) is 0 Å². The number of para-hydroxylation sites is 1. The van der Waals surface area contributed by atoms with Crippen LogP contribution in [0.4, 0.5) is 0 Å². The highest BCUT2D eigenvalue weighted by Crippen LogP contribution is 2.18. The lowest BCUT2D eigenvalue weighted by atomic mass is 9.95. The maximum atomic E-state index is 11.6. The van der Waals surface area contributed by atoms with Crippen molar-refractivity contribution in [3.05, 3.63) is 77.6 Å². The van der Waals surface area contributed by atoms with Crippen LogP contribution in [-0.2, 0) is 22.5 Å². The Kier molecular flexibility index (Phi) is 8.02. The first-order valence-electron chi connectivity index (χ1n) is 10.7. The van der Waals surface area contributed by atoms with Crippen LogP contribution in [0.25, 0.3) is 5.69 Å². The van der Waals surface area contributed by atoms with Gasteiger partial charge in [-0.2, -0.15) is 5.10 Å². The first-order valence-corrected chi connectivity index (χ1v) is 10.7. The third-order valence-electron chi connectivity index (χ3n) is 5.07. The molecule has 1 atom stereocenters. The summed E-state index contributed by atoms with van der Waals surface area (Å²) in [6.45, 7) is 6.42. The maximum Gasteiger partial charge on any atom is 0.312 e. The van der Waals surface area contributed by atoms with Gasteiger partial charge in [0.1, 0.15) is 18.3 Å². The molecule has 1 heterocycles. The van der Waals surface area contributed by atoms with Gasteiger partial charge in [-0.15, -0.1) is 0 Å². The Labute approximate surface area is 188 Å². The monoisotopic (exact) mass is 435 g/mol. The summed E-state index contributed by atoms with van der Waals surface area (Å²) in [5.74, 6) is -0.910. The summed E-state index contributed by atoms with van der Waals surface area (Å²) < 4.78 is 7.79. The lowest BCUT2D eigenvalue weighted by molar-refractivity contribution is -0.139. The fraction of sp³-hybridized carbons (Fsp3) is 0.320. The molecule has 1 N–H and O–H groups in total. The Balaban J connectivity index is 1.55. The molecule has 0 saturated carbocycles. The van der Waals surface area contributed by atoms with E-state index < -0.39 is 11.9 Å². The normalized spacial score (nSPS) is 12.4. The number of aromatic nitrogens is 2. The molecule has 0 radical (unpaired) electrons. The lowest BCUT2D eigenvalue weighted by Gasteiger charge is -2.12. The molecule has 0 aliphatic rings. The standard InChI is InChI=1S/C25H29N3O4/c1-4-32-27-19(3)24(25(29)30)17-20-10-12-23(13-11-20)31-15-14-21-16-18(2)28(26-21)22-8-6-5-7-9-22/h5-13,16,24H,4,14-15,17H2,1-3H3,(H,29,30)/b27-19-. The molecular formula is C25H29N3O4. The Morgan fingerprint density at radius 1 is 1.16 bits per heavy atom. The summed E-state index contributed by atoms with van der Waals surface area (Å²) in [4.78, 5) is 16.6. The van der Waals surface area contributed by atoms with E-state index in [9.17, 15) is 9.90 Å². The van der Waals surface area contributed by atoms with E-state index in [4.69, 9.17) is 9.57 Å². The Bertz CT molecular complexity index is 1040. The van der Waals surface area contributed by atoms with E-state index in [2.05, 4.69) is 16.3 Å². The van der Waals surface area contributed by atoms with Gasteiger partial charge in [0.2, 0.25) is 0 Å². The van der Waals surface area contributed by atoms with Gasteiger partial charge in [0, 0.05) is 12.1 Å². The van der Waals surface area contributed by atoms with Crippen molar-refractivity contribution < 1.29 is 19.5 Å². The van der Waals surface area contributed by atoms with E-state index in [-0.39, 0.29) is 0 Å². The van der Waals surface area contributed by atoms with Crippen LogP contribution in [0.2, 0.25) is 0 Å². The van der Waals surface area contributed by atoms with Crippen LogP contribution in [-0.4, -0.2) is 39.8 Å². The molecule has 0 aliphatic heterocycles. The number of hydrogen-bond acceptors (Lipinski definition) is 5. The van der Waals surface area contributed by atoms with Gasteiger partial charge in [-0.05, 0) is 63.1 Å². The fourth-order valence-corrected chi connectivity index (χ4v) is 3.37. The molecule has 168 valence electrons. The van der Waals surface area contributed by atoms with Crippen LogP contribution in [0.15, 0.2) is 65.8 Å².